The van der Waals surface area contributed by atoms with Crippen molar-refractivity contribution in [3.05, 3.63) is 0 Å². The number of rotatable bonds is 4. The first-order chi connectivity index (χ1) is 9.50. The van der Waals surface area contributed by atoms with Crippen molar-refractivity contribution >= 4 is 5.91 Å². The Hall–Kier alpha value is -0.570. The quantitative estimate of drug-likeness (QED) is 0.830. The van der Waals surface area contributed by atoms with Crippen molar-refractivity contribution in [1.82, 2.24) is 5.32 Å². The molecule has 0 aromatic carbocycles. The van der Waals surface area contributed by atoms with Gasteiger partial charge in [0.05, 0.1) is 0 Å². The van der Waals surface area contributed by atoms with E-state index in [-0.39, 0.29) is 5.92 Å². The number of nitrogens with one attached hydrogen (secondary N) is 1. The standard InChI is InChI=1S/C17H32N2O/c1-17(2)9-6-15(7-10-17)19-16(20)14-5-3-4-13(12-14)8-11-18/h13-15H,3-12,18H2,1-2H3,(H,19,20). The lowest BCUT2D eigenvalue weighted by molar-refractivity contribution is -0.127. The lowest BCUT2D eigenvalue weighted by Crippen LogP contribution is -2.43. The van der Waals surface area contributed by atoms with E-state index in [1.807, 2.05) is 0 Å². The molecular formula is C17H32N2O. The van der Waals surface area contributed by atoms with Crippen LogP contribution in [-0.2, 0) is 4.79 Å². The average molecular weight is 280 g/mol. The van der Waals surface area contributed by atoms with Crippen LogP contribution in [0.5, 0.6) is 0 Å². The van der Waals surface area contributed by atoms with Crippen molar-refractivity contribution in [2.75, 3.05) is 6.54 Å². The van der Waals surface area contributed by atoms with E-state index in [0.29, 0.717) is 23.3 Å². The highest BCUT2D eigenvalue weighted by Crippen LogP contribution is 2.36. The summed E-state index contributed by atoms with van der Waals surface area (Å²) in [5.74, 6) is 1.24. The normalized spacial score (nSPS) is 30.9. The molecule has 0 saturated heterocycles. The van der Waals surface area contributed by atoms with Gasteiger partial charge in [-0.25, -0.2) is 0 Å². The fraction of sp³-hybridized carbons (Fsp3) is 0.941. The molecule has 1 amide bonds. The molecule has 2 aliphatic carbocycles. The van der Waals surface area contributed by atoms with Crippen molar-refractivity contribution in [2.24, 2.45) is 23.0 Å². The highest BCUT2D eigenvalue weighted by molar-refractivity contribution is 5.79. The Morgan fingerprint density at radius 2 is 1.90 bits per heavy atom. The molecule has 2 aliphatic rings. The Labute approximate surface area is 124 Å². The van der Waals surface area contributed by atoms with Crippen molar-refractivity contribution in [1.29, 1.82) is 0 Å². The van der Waals surface area contributed by atoms with Crippen LogP contribution in [0.25, 0.3) is 0 Å². The van der Waals surface area contributed by atoms with Gasteiger partial charge in [-0.3, -0.25) is 4.79 Å². The second kappa shape index (κ2) is 6.93. The molecule has 2 atom stereocenters. The fourth-order valence-corrected chi connectivity index (χ4v) is 3.89. The van der Waals surface area contributed by atoms with E-state index in [4.69, 9.17) is 5.73 Å². The zero-order valence-corrected chi connectivity index (χ0v) is 13.3. The van der Waals surface area contributed by atoms with Crippen LogP contribution in [0.1, 0.15) is 71.6 Å². The molecule has 2 saturated carbocycles. The van der Waals surface area contributed by atoms with Gasteiger partial charge in [-0.1, -0.05) is 26.7 Å². The molecule has 0 bridgehead atoms. The number of nitrogens with two attached hydrogens (primary N) is 1. The van der Waals surface area contributed by atoms with Gasteiger partial charge in [0.15, 0.2) is 0 Å². The Bertz CT molecular complexity index is 315. The van der Waals surface area contributed by atoms with E-state index >= 15 is 0 Å². The van der Waals surface area contributed by atoms with E-state index in [1.54, 1.807) is 0 Å². The van der Waals surface area contributed by atoms with Gasteiger partial charge in [0.2, 0.25) is 5.91 Å². The Kier molecular flexibility index (Phi) is 5.48. The van der Waals surface area contributed by atoms with Crippen LogP contribution in [-0.4, -0.2) is 18.5 Å². The van der Waals surface area contributed by atoms with Crippen LogP contribution in [0.4, 0.5) is 0 Å². The summed E-state index contributed by atoms with van der Waals surface area (Å²) < 4.78 is 0. The summed E-state index contributed by atoms with van der Waals surface area (Å²) in [7, 11) is 0. The molecule has 3 heteroatoms. The summed E-state index contributed by atoms with van der Waals surface area (Å²) in [6.45, 7) is 5.43. The molecule has 3 nitrogen and oxygen atoms in total. The lowest BCUT2D eigenvalue weighted by Gasteiger charge is -2.36. The monoisotopic (exact) mass is 280 g/mol. The molecule has 3 N–H and O–H groups in total. The van der Waals surface area contributed by atoms with Gasteiger partial charge in [-0.05, 0) is 62.8 Å². The second-order valence-electron chi connectivity index (χ2n) is 7.75. The number of carbonyl (C=O) groups is 1. The molecule has 2 rings (SSSR count). The molecule has 2 fully saturated rings. The van der Waals surface area contributed by atoms with Crippen molar-refractivity contribution < 1.29 is 4.79 Å². The molecule has 0 aromatic rings. The third kappa shape index (κ3) is 4.47. The van der Waals surface area contributed by atoms with Gasteiger partial charge in [0, 0.05) is 12.0 Å². The molecular weight excluding hydrogens is 248 g/mol. The van der Waals surface area contributed by atoms with Gasteiger partial charge in [0.25, 0.3) is 0 Å². The number of hydrogen-bond donors (Lipinski definition) is 2. The minimum atomic E-state index is 0.246. The summed E-state index contributed by atoms with van der Waals surface area (Å²) in [6, 6.07) is 0.422. The molecule has 0 heterocycles. The van der Waals surface area contributed by atoms with E-state index < -0.39 is 0 Å². The average Bonchev–Trinajstić information content (AvgIpc) is 2.42. The summed E-state index contributed by atoms with van der Waals surface area (Å²) in [6.07, 6.45) is 10.4. The largest absolute Gasteiger partial charge is 0.353 e. The zero-order valence-electron chi connectivity index (χ0n) is 13.3. The van der Waals surface area contributed by atoms with Crippen molar-refractivity contribution in [2.45, 2.75) is 77.7 Å². The molecule has 0 spiro atoms. The third-order valence-corrected chi connectivity index (χ3v) is 5.41. The summed E-state index contributed by atoms with van der Waals surface area (Å²) >= 11 is 0. The SMILES string of the molecule is CC1(C)CCC(NC(=O)C2CCCC(CCN)C2)CC1. The summed E-state index contributed by atoms with van der Waals surface area (Å²) in [4.78, 5) is 12.4. The van der Waals surface area contributed by atoms with Gasteiger partial charge >= 0.3 is 0 Å². The maximum Gasteiger partial charge on any atom is 0.223 e. The van der Waals surface area contributed by atoms with Crippen LogP contribution >= 0.6 is 0 Å². The van der Waals surface area contributed by atoms with E-state index in [2.05, 4.69) is 19.2 Å². The smallest absolute Gasteiger partial charge is 0.223 e. The van der Waals surface area contributed by atoms with Gasteiger partial charge < -0.3 is 11.1 Å². The lowest BCUT2D eigenvalue weighted by atomic mass is 9.75. The predicted octanol–water partition coefficient (Wildman–Crippen LogP) is 3.23. The van der Waals surface area contributed by atoms with Crippen LogP contribution < -0.4 is 11.1 Å². The number of amides is 1. The van der Waals surface area contributed by atoms with Crippen LogP contribution in [0.3, 0.4) is 0 Å². The first-order valence-electron chi connectivity index (χ1n) is 8.50. The van der Waals surface area contributed by atoms with E-state index in [0.717, 1.165) is 38.6 Å². The summed E-state index contributed by atoms with van der Waals surface area (Å²) in [5.41, 5.74) is 6.13. The van der Waals surface area contributed by atoms with Gasteiger partial charge in [-0.2, -0.15) is 0 Å². The van der Waals surface area contributed by atoms with Crippen molar-refractivity contribution in [3.63, 3.8) is 0 Å². The maximum absolute atomic E-state index is 12.4. The molecule has 0 radical (unpaired) electrons. The van der Waals surface area contributed by atoms with E-state index in [1.165, 1.54) is 25.7 Å². The van der Waals surface area contributed by atoms with Crippen LogP contribution in [0.2, 0.25) is 0 Å². The molecule has 116 valence electrons. The minimum Gasteiger partial charge on any atom is -0.353 e. The first kappa shape index (κ1) is 15.8. The van der Waals surface area contributed by atoms with Crippen molar-refractivity contribution in [3.8, 4) is 0 Å². The van der Waals surface area contributed by atoms with Crippen LogP contribution in [0.15, 0.2) is 0 Å². The molecule has 2 unspecified atom stereocenters. The maximum atomic E-state index is 12.4. The highest BCUT2D eigenvalue weighted by atomic mass is 16.1. The molecule has 0 aliphatic heterocycles. The van der Waals surface area contributed by atoms with E-state index in [9.17, 15) is 4.79 Å². The second-order valence-corrected chi connectivity index (χ2v) is 7.75. The number of carbonyl (C=O) groups excluding carboxylic acids is 1. The first-order valence-corrected chi connectivity index (χ1v) is 8.50. The molecule has 0 aromatic heterocycles. The Morgan fingerprint density at radius 3 is 2.55 bits per heavy atom. The zero-order chi connectivity index (χ0) is 14.6. The topological polar surface area (TPSA) is 55.1 Å². The summed E-state index contributed by atoms with van der Waals surface area (Å²) in [5, 5.41) is 3.32. The van der Waals surface area contributed by atoms with Gasteiger partial charge in [-0.15, -0.1) is 0 Å². The highest BCUT2D eigenvalue weighted by Gasteiger charge is 2.31. The number of hydrogen-bond acceptors (Lipinski definition) is 2. The van der Waals surface area contributed by atoms with Crippen LogP contribution in [0, 0.1) is 17.3 Å². The third-order valence-electron chi connectivity index (χ3n) is 5.41. The van der Waals surface area contributed by atoms with Gasteiger partial charge in [0.1, 0.15) is 0 Å². The Balaban J connectivity index is 1.77. The Morgan fingerprint density at radius 1 is 1.20 bits per heavy atom. The molecule has 20 heavy (non-hydrogen) atoms. The minimum absolute atomic E-state index is 0.246. The fourth-order valence-electron chi connectivity index (χ4n) is 3.89. The predicted molar refractivity (Wildman–Crippen MR) is 83.3 cm³/mol.